The van der Waals surface area contributed by atoms with E-state index in [4.69, 9.17) is 0 Å². The summed E-state index contributed by atoms with van der Waals surface area (Å²) in [7, 11) is 0. The fraction of sp³-hybridized carbons (Fsp3) is 1.00. The minimum absolute atomic E-state index is 0.124. The van der Waals surface area contributed by atoms with E-state index in [1.807, 2.05) is 6.92 Å². The maximum Gasteiger partial charge on any atom is 0.0541 e. The third-order valence-electron chi connectivity index (χ3n) is 5.52. The van der Waals surface area contributed by atoms with Crippen molar-refractivity contribution in [3.8, 4) is 0 Å². The van der Waals surface area contributed by atoms with Crippen molar-refractivity contribution in [2.24, 2.45) is 17.8 Å². The molecule has 0 spiro atoms. The van der Waals surface area contributed by atoms with Gasteiger partial charge in [0.25, 0.3) is 0 Å². The van der Waals surface area contributed by atoms with Crippen LogP contribution in [-0.4, -0.2) is 48.3 Å². The van der Waals surface area contributed by atoms with Crippen LogP contribution in [0.3, 0.4) is 0 Å². The standard InChI is InChI=1S/C17H34N2O/c1-4-18-17-6-5-13(2)11-16(17)12-19-9-7-15(8-10-19)14(3)20/h13-18,20H,4-12H2,1-3H3. The molecule has 4 atom stereocenters. The van der Waals surface area contributed by atoms with Gasteiger partial charge in [0.2, 0.25) is 0 Å². The minimum atomic E-state index is -0.124. The van der Waals surface area contributed by atoms with Crippen molar-refractivity contribution in [1.29, 1.82) is 0 Å². The molecule has 1 aliphatic heterocycles. The normalized spacial score (nSPS) is 35.1. The van der Waals surface area contributed by atoms with E-state index in [-0.39, 0.29) is 6.10 Å². The largest absolute Gasteiger partial charge is 0.393 e. The molecule has 0 radical (unpaired) electrons. The van der Waals surface area contributed by atoms with Crippen molar-refractivity contribution in [3.05, 3.63) is 0 Å². The van der Waals surface area contributed by atoms with Crippen molar-refractivity contribution < 1.29 is 5.11 Å². The first-order valence-corrected chi connectivity index (χ1v) is 8.74. The van der Waals surface area contributed by atoms with Crippen molar-refractivity contribution in [2.75, 3.05) is 26.2 Å². The molecule has 0 amide bonds. The zero-order valence-corrected chi connectivity index (χ0v) is 13.6. The molecule has 0 aromatic carbocycles. The summed E-state index contributed by atoms with van der Waals surface area (Å²) in [6.07, 6.45) is 6.34. The van der Waals surface area contributed by atoms with Gasteiger partial charge in [0.15, 0.2) is 0 Å². The lowest BCUT2D eigenvalue weighted by molar-refractivity contribution is 0.0573. The van der Waals surface area contributed by atoms with Crippen LogP contribution in [0, 0.1) is 17.8 Å². The highest BCUT2D eigenvalue weighted by atomic mass is 16.3. The predicted molar refractivity (Wildman–Crippen MR) is 84.8 cm³/mol. The second-order valence-electron chi connectivity index (χ2n) is 7.22. The van der Waals surface area contributed by atoms with Gasteiger partial charge in [0.1, 0.15) is 0 Å². The van der Waals surface area contributed by atoms with Crippen LogP contribution < -0.4 is 5.32 Å². The molecule has 1 saturated heterocycles. The van der Waals surface area contributed by atoms with E-state index in [2.05, 4.69) is 24.1 Å². The summed E-state index contributed by atoms with van der Waals surface area (Å²) in [5, 5.41) is 13.4. The summed E-state index contributed by atoms with van der Waals surface area (Å²) in [4.78, 5) is 2.64. The number of nitrogens with one attached hydrogen (secondary N) is 1. The summed E-state index contributed by atoms with van der Waals surface area (Å²) in [5.41, 5.74) is 0. The van der Waals surface area contributed by atoms with Crippen molar-refractivity contribution >= 4 is 0 Å². The molecule has 0 aromatic heterocycles. The summed E-state index contributed by atoms with van der Waals surface area (Å²) < 4.78 is 0. The van der Waals surface area contributed by atoms with Crippen LogP contribution in [-0.2, 0) is 0 Å². The monoisotopic (exact) mass is 282 g/mol. The van der Waals surface area contributed by atoms with Gasteiger partial charge in [0, 0.05) is 12.6 Å². The molecule has 1 aliphatic carbocycles. The number of nitrogens with zero attached hydrogens (tertiary/aromatic N) is 1. The average molecular weight is 282 g/mol. The van der Waals surface area contributed by atoms with Gasteiger partial charge in [-0.05, 0) is 76.4 Å². The SMILES string of the molecule is CCNC1CCC(C)CC1CN1CCC(C(C)O)CC1. The molecule has 20 heavy (non-hydrogen) atoms. The zero-order chi connectivity index (χ0) is 14.5. The number of hydrogen-bond donors (Lipinski definition) is 2. The highest BCUT2D eigenvalue weighted by Gasteiger charge is 2.31. The third kappa shape index (κ3) is 4.44. The maximum atomic E-state index is 9.70. The van der Waals surface area contributed by atoms with Gasteiger partial charge in [0.05, 0.1) is 6.10 Å². The number of hydrogen-bond acceptors (Lipinski definition) is 3. The summed E-state index contributed by atoms with van der Waals surface area (Å²) >= 11 is 0. The molecule has 0 aromatic rings. The summed E-state index contributed by atoms with van der Waals surface area (Å²) in [6.45, 7) is 11.3. The molecule has 2 rings (SSSR count). The first-order valence-electron chi connectivity index (χ1n) is 8.74. The van der Waals surface area contributed by atoms with E-state index in [1.54, 1.807) is 0 Å². The number of aliphatic hydroxyl groups is 1. The molecule has 2 aliphatic rings. The molecule has 2 N–H and O–H groups in total. The second-order valence-corrected chi connectivity index (χ2v) is 7.22. The quantitative estimate of drug-likeness (QED) is 0.813. The van der Waals surface area contributed by atoms with Crippen LogP contribution in [0.1, 0.15) is 52.9 Å². The molecule has 1 heterocycles. The zero-order valence-electron chi connectivity index (χ0n) is 13.6. The highest BCUT2D eigenvalue weighted by molar-refractivity contribution is 4.86. The Morgan fingerprint density at radius 3 is 2.50 bits per heavy atom. The Balaban J connectivity index is 1.81. The van der Waals surface area contributed by atoms with Crippen LogP contribution in [0.5, 0.6) is 0 Å². The lowest BCUT2D eigenvalue weighted by Crippen LogP contribution is -2.47. The fourth-order valence-corrected chi connectivity index (χ4v) is 4.18. The molecule has 4 unspecified atom stereocenters. The van der Waals surface area contributed by atoms with Crippen molar-refractivity contribution in [1.82, 2.24) is 10.2 Å². The van der Waals surface area contributed by atoms with Gasteiger partial charge in [-0.25, -0.2) is 0 Å². The van der Waals surface area contributed by atoms with Gasteiger partial charge >= 0.3 is 0 Å². The van der Waals surface area contributed by atoms with Gasteiger partial charge < -0.3 is 15.3 Å². The van der Waals surface area contributed by atoms with E-state index < -0.39 is 0 Å². The molecule has 3 heteroatoms. The Morgan fingerprint density at radius 2 is 1.90 bits per heavy atom. The highest BCUT2D eigenvalue weighted by Crippen LogP contribution is 2.31. The van der Waals surface area contributed by atoms with Crippen LogP contribution in [0.2, 0.25) is 0 Å². The van der Waals surface area contributed by atoms with Crippen LogP contribution in [0.15, 0.2) is 0 Å². The Bertz CT molecular complexity index is 274. The average Bonchev–Trinajstić information content (AvgIpc) is 2.42. The smallest absolute Gasteiger partial charge is 0.0541 e. The van der Waals surface area contributed by atoms with E-state index in [1.165, 1.54) is 51.7 Å². The van der Waals surface area contributed by atoms with Crippen LogP contribution >= 0.6 is 0 Å². The molecule has 118 valence electrons. The molecular formula is C17H34N2O. The van der Waals surface area contributed by atoms with Gasteiger partial charge in [-0.2, -0.15) is 0 Å². The van der Waals surface area contributed by atoms with E-state index in [9.17, 15) is 5.11 Å². The first-order chi connectivity index (χ1) is 9.60. The number of piperidine rings is 1. The topological polar surface area (TPSA) is 35.5 Å². The molecule has 0 bridgehead atoms. The predicted octanol–water partition coefficient (Wildman–Crippen LogP) is 2.49. The van der Waals surface area contributed by atoms with E-state index >= 15 is 0 Å². The lowest BCUT2D eigenvalue weighted by atomic mass is 9.78. The lowest BCUT2D eigenvalue weighted by Gasteiger charge is -2.41. The number of likely N-dealkylation sites (tertiary alicyclic amines) is 1. The minimum Gasteiger partial charge on any atom is -0.393 e. The molecule has 1 saturated carbocycles. The Kier molecular flexibility index (Phi) is 6.31. The van der Waals surface area contributed by atoms with Gasteiger partial charge in [-0.3, -0.25) is 0 Å². The first kappa shape index (κ1) is 16.3. The third-order valence-corrected chi connectivity index (χ3v) is 5.52. The Labute approximate surface area is 125 Å². The Hall–Kier alpha value is -0.120. The number of rotatable bonds is 5. The second kappa shape index (κ2) is 7.77. The maximum absolute atomic E-state index is 9.70. The van der Waals surface area contributed by atoms with Crippen LogP contribution in [0.4, 0.5) is 0 Å². The van der Waals surface area contributed by atoms with E-state index in [0.717, 1.165) is 24.4 Å². The van der Waals surface area contributed by atoms with Crippen molar-refractivity contribution in [2.45, 2.75) is 65.0 Å². The summed E-state index contributed by atoms with van der Waals surface area (Å²) in [6, 6.07) is 0.727. The fourth-order valence-electron chi connectivity index (χ4n) is 4.18. The summed E-state index contributed by atoms with van der Waals surface area (Å²) in [5.74, 6) is 2.24. The molecular weight excluding hydrogens is 248 g/mol. The van der Waals surface area contributed by atoms with E-state index in [0.29, 0.717) is 5.92 Å². The number of aliphatic hydroxyl groups excluding tert-OH is 1. The Morgan fingerprint density at radius 1 is 1.20 bits per heavy atom. The molecule has 3 nitrogen and oxygen atoms in total. The van der Waals surface area contributed by atoms with Crippen molar-refractivity contribution in [3.63, 3.8) is 0 Å². The molecule has 2 fully saturated rings. The van der Waals surface area contributed by atoms with Gasteiger partial charge in [-0.15, -0.1) is 0 Å². The van der Waals surface area contributed by atoms with Gasteiger partial charge in [-0.1, -0.05) is 13.8 Å². The van der Waals surface area contributed by atoms with Crippen LogP contribution in [0.25, 0.3) is 0 Å².